The molecule has 0 spiro atoms. The first kappa shape index (κ1) is 20.9. The van der Waals surface area contributed by atoms with Crippen molar-refractivity contribution in [2.75, 3.05) is 19.7 Å². The summed E-state index contributed by atoms with van der Waals surface area (Å²) in [5.74, 6) is 0.401. The quantitative estimate of drug-likeness (QED) is 0.714. The zero-order valence-corrected chi connectivity index (χ0v) is 16.8. The fourth-order valence-corrected chi connectivity index (χ4v) is 3.72. The predicted octanol–water partition coefficient (Wildman–Crippen LogP) is 2.72. The van der Waals surface area contributed by atoms with Gasteiger partial charge in [0.15, 0.2) is 6.61 Å². The SMILES string of the molecule is CCN(CC)C(=O)COc1ccc(S(=O)(=O)NCc2ccccc2)cc1C. The van der Waals surface area contributed by atoms with Crippen molar-refractivity contribution >= 4 is 15.9 Å². The molecule has 2 aromatic rings. The molecule has 6 nitrogen and oxygen atoms in total. The van der Waals surface area contributed by atoms with Gasteiger partial charge in [-0.15, -0.1) is 0 Å². The number of rotatable bonds is 9. The molecule has 0 fully saturated rings. The normalized spacial score (nSPS) is 11.2. The molecule has 0 aliphatic rings. The van der Waals surface area contributed by atoms with Crippen molar-refractivity contribution in [3.8, 4) is 5.75 Å². The summed E-state index contributed by atoms with van der Waals surface area (Å²) in [6.45, 7) is 6.99. The summed E-state index contributed by atoms with van der Waals surface area (Å²) in [5, 5.41) is 0. The van der Waals surface area contributed by atoms with E-state index >= 15 is 0 Å². The van der Waals surface area contributed by atoms with E-state index in [0.29, 0.717) is 24.4 Å². The Morgan fingerprint density at radius 1 is 1.07 bits per heavy atom. The van der Waals surface area contributed by atoms with Crippen LogP contribution in [0.1, 0.15) is 25.0 Å². The first-order valence-electron chi connectivity index (χ1n) is 8.92. The molecule has 27 heavy (non-hydrogen) atoms. The van der Waals surface area contributed by atoms with Crippen LogP contribution in [0.15, 0.2) is 53.4 Å². The van der Waals surface area contributed by atoms with Gasteiger partial charge in [0.25, 0.3) is 5.91 Å². The molecule has 0 aromatic heterocycles. The number of hydrogen-bond acceptors (Lipinski definition) is 4. The zero-order chi connectivity index (χ0) is 19.9. The lowest BCUT2D eigenvalue weighted by molar-refractivity contribution is -0.132. The molecular formula is C20H26N2O4S. The van der Waals surface area contributed by atoms with E-state index in [0.717, 1.165) is 5.56 Å². The van der Waals surface area contributed by atoms with E-state index in [1.165, 1.54) is 6.07 Å². The molecule has 0 aliphatic heterocycles. The predicted molar refractivity (Wildman–Crippen MR) is 105 cm³/mol. The van der Waals surface area contributed by atoms with Crippen molar-refractivity contribution in [1.82, 2.24) is 9.62 Å². The Labute approximate surface area is 161 Å². The number of ether oxygens (including phenoxy) is 1. The second kappa shape index (κ2) is 9.53. The maximum Gasteiger partial charge on any atom is 0.260 e. The molecule has 1 N–H and O–H groups in total. The summed E-state index contributed by atoms with van der Waals surface area (Å²) in [4.78, 5) is 13.9. The van der Waals surface area contributed by atoms with Gasteiger partial charge in [0, 0.05) is 19.6 Å². The molecule has 0 atom stereocenters. The minimum Gasteiger partial charge on any atom is -0.483 e. The average Bonchev–Trinajstić information content (AvgIpc) is 2.67. The third-order valence-corrected chi connectivity index (χ3v) is 5.63. The molecule has 0 unspecified atom stereocenters. The number of nitrogens with one attached hydrogen (secondary N) is 1. The lowest BCUT2D eigenvalue weighted by Crippen LogP contribution is -2.34. The van der Waals surface area contributed by atoms with Gasteiger partial charge in [-0.3, -0.25) is 4.79 Å². The molecule has 0 heterocycles. The van der Waals surface area contributed by atoms with Crippen molar-refractivity contribution in [3.05, 3.63) is 59.7 Å². The van der Waals surface area contributed by atoms with Crippen LogP contribution in [0, 0.1) is 6.92 Å². The Balaban J connectivity index is 2.03. The van der Waals surface area contributed by atoms with Crippen molar-refractivity contribution < 1.29 is 17.9 Å². The summed E-state index contributed by atoms with van der Waals surface area (Å²) in [5.41, 5.74) is 1.54. The highest BCUT2D eigenvalue weighted by molar-refractivity contribution is 7.89. The van der Waals surface area contributed by atoms with Gasteiger partial charge in [0.1, 0.15) is 5.75 Å². The molecule has 0 saturated heterocycles. The van der Waals surface area contributed by atoms with Gasteiger partial charge in [-0.1, -0.05) is 30.3 Å². The molecule has 2 rings (SSSR count). The fourth-order valence-electron chi connectivity index (χ4n) is 2.62. The van der Waals surface area contributed by atoms with Gasteiger partial charge in [0.05, 0.1) is 4.90 Å². The number of carbonyl (C=O) groups excluding carboxylic acids is 1. The molecule has 146 valence electrons. The monoisotopic (exact) mass is 390 g/mol. The summed E-state index contributed by atoms with van der Waals surface area (Å²) in [6.07, 6.45) is 0. The van der Waals surface area contributed by atoms with Crippen LogP contribution in [0.2, 0.25) is 0 Å². The van der Waals surface area contributed by atoms with E-state index in [9.17, 15) is 13.2 Å². The highest BCUT2D eigenvalue weighted by Gasteiger charge is 2.16. The average molecular weight is 391 g/mol. The van der Waals surface area contributed by atoms with E-state index in [-0.39, 0.29) is 24.0 Å². The van der Waals surface area contributed by atoms with Gasteiger partial charge in [-0.05, 0) is 50.1 Å². The van der Waals surface area contributed by atoms with Crippen LogP contribution in [0.4, 0.5) is 0 Å². The fraction of sp³-hybridized carbons (Fsp3) is 0.350. The van der Waals surface area contributed by atoms with Crippen LogP contribution in [-0.4, -0.2) is 38.9 Å². The lowest BCUT2D eigenvalue weighted by Gasteiger charge is -2.19. The largest absolute Gasteiger partial charge is 0.483 e. The lowest BCUT2D eigenvalue weighted by atomic mass is 10.2. The minimum atomic E-state index is -3.63. The summed E-state index contributed by atoms with van der Waals surface area (Å²) >= 11 is 0. The highest BCUT2D eigenvalue weighted by Crippen LogP contribution is 2.22. The van der Waals surface area contributed by atoms with E-state index in [1.807, 2.05) is 44.2 Å². The molecule has 1 amide bonds. The molecule has 2 aromatic carbocycles. The Kier molecular flexibility index (Phi) is 7.38. The Bertz CT molecular complexity index is 863. The number of sulfonamides is 1. The summed E-state index contributed by atoms with van der Waals surface area (Å²) < 4.78 is 33.1. The standard InChI is InChI=1S/C20H26N2O4S/c1-4-22(5-2)20(23)15-26-19-12-11-18(13-16(19)3)27(24,25)21-14-17-9-7-6-8-10-17/h6-13,21H,4-5,14-15H2,1-3H3. The molecular weight excluding hydrogens is 364 g/mol. The molecule has 0 radical (unpaired) electrons. The third kappa shape index (κ3) is 5.80. The van der Waals surface area contributed by atoms with Crippen LogP contribution in [-0.2, 0) is 21.4 Å². The molecule has 7 heteroatoms. The Morgan fingerprint density at radius 2 is 1.74 bits per heavy atom. The maximum atomic E-state index is 12.5. The number of amides is 1. The summed E-state index contributed by atoms with van der Waals surface area (Å²) in [7, 11) is -3.63. The number of carbonyl (C=O) groups is 1. The van der Waals surface area contributed by atoms with E-state index in [1.54, 1.807) is 24.0 Å². The number of nitrogens with zero attached hydrogens (tertiary/aromatic N) is 1. The van der Waals surface area contributed by atoms with Crippen molar-refractivity contribution in [2.45, 2.75) is 32.2 Å². The first-order valence-corrected chi connectivity index (χ1v) is 10.4. The van der Waals surface area contributed by atoms with Crippen molar-refractivity contribution in [3.63, 3.8) is 0 Å². The Hall–Kier alpha value is -2.38. The number of benzene rings is 2. The van der Waals surface area contributed by atoms with Crippen LogP contribution in [0.3, 0.4) is 0 Å². The zero-order valence-electron chi connectivity index (χ0n) is 15.9. The highest BCUT2D eigenvalue weighted by atomic mass is 32.2. The number of aryl methyl sites for hydroxylation is 1. The van der Waals surface area contributed by atoms with Gasteiger partial charge in [-0.25, -0.2) is 13.1 Å². The van der Waals surface area contributed by atoms with Crippen LogP contribution in [0.5, 0.6) is 5.75 Å². The minimum absolute atomic E-state index is 0.0686. The Morgan fingerprint density at radius 3 is 2.33 bits per heavy atom. The topological polar surface area (TPSA) is 75.7 Å². The molecule has 0 bridgehead atoms. The third-order valence-electron chi connectivity index (χ3n) is 4.23. The van der Waals surface area contributed by atoms with Crippen LogP contribution >= 0.6 is 0 Å². The van der Waals surface area contributed by atoms with Gasteiger partial charge in [0.2, 0.25) is 10.0 Å². The van der Waals surface area contributed by atoms with Gasteiger partial charge >= 0.3 is 0 Å². The first-order chi connectivity index (χ1) is 12.9. The second-order valence-corrected chi connectivity index (χ2v) is 7.86. The van der Waals surface area contributed by atoms with Crippen molar-refractivity contribution in [2.24, 2.45) is 0 Å². The van der Waals surface area contributed by atoms with E-state index in [4.69, 9.17) is 4.74 Å². The number of hydrogen-bond donors (Lipinski definition) is 1. The van der Waals surface area contributed by atoms with Gasteiger partial charge < -0.3 is 9.64 Å². The molecule has 0 saturated carbocycles. The van der Waals surface area contributed by atoms with Crippen LogP contribution in [0.25, 0.3) is 0 Å². The van der Waals surface area contributed by atoms with Crippen molar-refractivity contribution in [1.29, 1.82) is 0 Å². The second-order valence-electron chi connectivity index (χ2n) is 6.09. The molecule has 0 aliphatic carbocycles. The smallest absolute Gasteiger partial charge is 0.260 e. The van der Waals surface area contributed by atoms with Crippen LogP contribution < -0.4 is 9.46 Å². The number of likely N-dealkylation sites (N-methyl/N-ethyl adjacent to an activating group) is 1. The van der Waals surface area contributed by atoms with E-state index in [2.05, 4.69) is 4.72 Å². The van der Waals surface area contributed by atoms with E-state index < -0.39 is 10.0 Å². The summed E-state index contributed by atoms with van der Waals surface area (Å²) in [6, 6.07) is 13.9. The van der Waals surface area contributed by atoms with Gasteiger partial charge in [-0.2, -0.15) is 0 Å². The maximum absolute atomic E-state index is 12.5.